The molecule has 30 heavy (non-hydrogen) atoms. The molecular weight excluding hydrogens is 394 g/mol. The highest BCUT2D eigenvalue weighted by molar-refractivity contribution is 7.99. The Morgan fingerprint density at radius 2 is 1.87 bits per heavy atom. The summed E-state index contributed by atoms with van der Waals surface area (Å²) in [6.07, 6.45) is 2.49. The number of thioether (sulfide) groups is 1. The highest BCUT2D eigenvalue weighted by atomic mass is 32.2. The van der Waals surface area contributed by atoms with Crippen molar-refractivity contribution in [1.82, 2.24) is 9.99 Å². The first-order valence-electron chi connectivity index (χ1n) is 9.78. The maximum atomic E-state index is 13.1. The van der Waals surface area contributed by atoms with Gasteiger partial charge in [-0.15, -0.1) is 0 Å². The summed E-state index contributed by atoms with van der Waals surface area (Å²) in [7, 11) is 1.65. The van der Waals surface area contributed by atoms with Gasteiger partial charge in [0.25, 0.3) is 5.91 Å². The number of carbonyl (C=O) groups excluding carboxylic acids is 1. The van der Waals surface area contributed by atoms with Gasteiger partial charge in [0.05, 0.1) is 29.6 Å². The van der Waals surface area contributed by atoms with Crippen molar-refractivity contribution >= 4 is 23.4 Å². The Kier molecular flexibility index (Phi) is 6.14. The van der Waals surface area contributed by atoms with Crippen LogP contribution in [0.5, 0.6) is 5.75 Å². The second kappa shape index (κ2) is 9.13. The van der Waals surface area contributed by atoms with Crippen LogP contribution in [0.15, 0.2) is 83.1 Å². The van der Waals surface area contributed by atoms with Crippen LogP contribution in [-0.2, 0) is 4.79 Å². The Labute approximate surface area is 180 Å². The number of methoxy groups -OCH3 is 1. The van der Waals surface area contributed by atoms with Crippen LogP contribution in [0.4, 0.5) is 0 Å². The quantitative estimate of drug-likeness (QED) is 0.537. The van der Waals surface area contributed by atoms with Gasteiger partial charge in [0.1, 0.15) is 5.75 Å². The molecule has 2 aromatic carbocycles. The van der Waals surface area contributed by atoms with Gasteiger partial charge in [0, 0.05) is 12.6 Å². The lowest BCUT2D eigenvalue weighted by atomic mass is 9.98. The largest absolute Gasteiger partial charge is 0.497 e. The summed E-state index contributed by atoms with van der Waals surface area (Å²) >= 11 is 1.43. The molecule has 3 aromatic rings. The minimum absolute atomic E-state index is 0.0332. The smallest absolute Gasteiger partial charge is 0.253 e. The summed E-state index contributed by atoms with van der Waals surface area (Å²) < 4.78 is 5.27. The molecule has 5 nitrogen and oxygen atoms in total. The van der Waals surface area contributed by atoms with Gasteiger partial charge in [-0.05, 0) is 41.8 Å². The first-order valence-corrected chi connectivity index (χ1v) is 10.8. The third kappa shape index (κ3) is 4.54. The van der Waals surface area contributed by atoms with Gasteiger partial charge >= 0.3 is 0 Å². The summed E-state index contributed by atoms with van der Waals surface area (Å²) in [6, 6.07) is 21.7. The van der Waals surface area contributed by atoms with Gasteiger partial charge in [-0.3, -0.25) is 4.79 Å². The molecule has 1 aromatic heterocycles. The molecule has 0 bridgehead atoms. The molecule has 0 aliphatic carbocycles. The van der Waals surface area contributed by atoms with Crippen molar-refractivity contribution in [1.29, 1.82) is 0 Å². The first-order chi connectivity index (χ1) is 14.6. The molecule has 1 amide bonds. The maximum absolute atomic E-state index is 13.1. The Hall–Kier alpha value is -3.12. The number of carbonyl (C=O) groups is 1. The van der Waals surface area contributed by atoms with Gasteiger partial charge in [0.15, 0.2) is 0 Å². The molecule has 4 rings (SSSR count). The van der Waals surface area contributed by atoms with Crippen LogP contribution in [-0.4, -0.2) is 34.5 Å². The number of rotatable bonds is 6. The summed E-state index contributed by atoms with van der Waals surface area (Å²) in [5.41, 5.74) is 4.10. The average Bonchev–Trinajstić information content (AvgIpc) is 3.25. The van der Waals surface area contributed by atoms with E-state index in [-0.39, 0.29) is 17.7 Å². The first kappa shape index (κ1) is 20.2. The number of amides is 1. The molecule has 152 valence electrons. The topological polar surface area (TPSA) is 54.8 Å². The molecule has 0 fully saturated rings. The van der Waals surface area contributed by atoms with Gasteiger partial charge in [-0.1, -0.05) is 60.3 Å². The van der Waals surface area contributed by atoms with Gasteiger partial charge < -0.3 is 4.74 Å². The predicted molar refractivity (Wildman–Crippen MR) is 120 cm³/mol. The Balaban J connectivity index is 1.56. The van der Waals surface area contributed by atoms with Crippen LogP contribution in [0, 0.1) is 6.92 Å². The highest BCUT2D eigenvalue weighted by Crippen LogP contribution is 2.34. The van der Waals surface area contributed by atoms with E-state index in [1.54, 1.807) is 12.1 Å². The molecule has 0 N–H and O–H groups in total. The fourth-order valence-corrected chi connectivity index (χ4v) is 4.07. The minimum Gasteiger partial charge on any atom is -0.497 e. The number of aryl methyl sites for hydroxylation is 1. The fourth-order valence-electron chi connectivity index (χ4n) is 3.37. The van der Waals surface area contributed by atoms with E-state index in [1.165, 1.54) is 11.8 Å². The lowest BCUT2D eigenvalue weighted by molar-refractivity contribution is -0.130. The monoisotopic (exact) mass is 417 g/mol. The van der Waals surface area contributed by atoms with Gasteiger partial charge in [-0.25, -0.2) is 9.99 Å². The maximum Gasteiger partial charge on any atom is 0.253 e. The van der Waals surface area contributed by atoms with Crippen molar-refractivity contribution in [3.8, 4) is 5.75 Å². The van der Waals surface area contributed by atoms with Crippen molar-refractivity contribution in [2.24, 2.45) is 5.10 Å². The normalized spacial score (nSPS) is 15.7. The fraction of sp³-hybridized carbons (Fsp3) is 0.208. The zero-order valence-electron chi connectivity index (χ0n) is 17.0. The average molecular weight is 418 g/mol. The number of benzene rings is 2. The van der Waals surface area contributed by atoms with Crippen molar-refractivity contribution in [3.63, 3.8) is 0 Å². The SMILES string of the molecule is COc1ccc(C2CC(c3ccccc3)=NN2C(=O)CSc2ccc(C)cn2)cc1. The summed E-state index contributed by atoms with van der Waals surface area (Å²) in [4.78, 5) is 17.5. The number of hydrogen-bond donors (Lipinski definition) is 0. The number of ether oxygens (including phenoxy) is 1. The molecule has 0 saturated carbocycles. The summed E-state index contributed by atoms with van der Waals surface area (Å²) in [5, 5.41) is 7.19. The van der Waals surface area contributed by atoms with E-state index in [4.69, 9.17) is 9.84 Å². The second-order valence-corrected chi connectivity index (χ2v) is 8.10. The molecular formula is C24H23N3O2S. The number of aromatic nitrogens is 1. The molecule has 0 spiro atoms. The van der Waals surface area contributed by atoms with Crippen LogP contribution in [0.1, 0.15) is 29.2 Å². The van der Waals surface area contributed by atoms with Crippen LogP contribution >= 0.6 is 11.8 Å². The summed E-state index contributed by atoms with van der Waals surface area (Å²) in [6.45, 7) is 2.00. The molecule has 2 heterocycles. The molecule has 1 aliphatic rings. The molecule has 1 atom stereocenters. The van der Waals surface area contributed by atoms with Crippen molar-refractivity contribution in [2.75, 3.05) is 12.9 Å². The summed E-state index contributed by atoms with van der Waals surface area (Å²) in [5.74, 6) is 1.04. The van der Waals surface area contributed by atoms with E-state index < -0.39 is 0 Å². The third-order valence-corrected chi connectivity index (χ3v) is 5.93. The van der Waals surface area contributed by atoms with Crippen molar-refractivity contribution < 1.29 is 9.53 Å². The van der Waals surface area contributed by atoms with E-state index >= 15 is 0 Å². The lowest BCUT2D eigenvalue weighted by Gasteiger charge is -2.22. The van der Waals surface area contributed by atoms with Crippen LogP contribution < -0.4 is 4.74 Å². The zero-order valence-corrected chi connectivity index (χ0v) is 17.8. The highest BCUT2D eigenvalue weighted by Gasteiger charge is 2.33. The van der Waals surface area contributed by atoms with Crippen LogP contribution in [0.3, 0.4) is 0 Å². The molecule has 0 radical (unpaired) electrons. The van der Waals surface area contributed by atoms with Crippen LogP contribution in [0.2, 0.25) is 0 Å². The van der Waals surface area contributed by atoms with E-state index in [2.05, 4.69) is 4.98 Å². The van der Waals surface area contributed by atoms with E-state index in [0.717, 1.165) is 33.2 Å². The molecule has 0 saturated heterocycles. The Morgan fingerprint density at radius 1 is 1.10 bits per heavy atom. The Bertz CT molecular complexity index is 1030. The van der Waals surface area contributed by atoms with E-state index in [9.17, 15) is 4.79 Å². The van der Waals surface area contributed by atoms with Crippen molar-refractivity contribution in [2.45, 2.75) is 24.4 Å². The predicted octanol–water partition coefficient (Wildman–Crippen LogP) is 4.87. The zero-order chi connectivity index (χ0) is 20.9. The minimum atomic E-state index is -0.134. The van der Waals surface area contributed by atoms with Crippen LogP contribution in [0.25, 0.3) is 0 Å². The lowest BCUT2D eigenvalue weighted by Crippen LogP contribution is -2.28. The van der Waals surface area contributed by atoms with Gasteiger partial charge in [-0.2, -0.15) is 5.10 Å². The number of hydrazone groups is 1. The molecule has 6 heteroatoms. The van der Waals surface area contributed by atoms with E-state index in [1.807, 2.05) is 79.9 Å². The number of nitrogens with zero attached hydrogens (tertiary/aromatic N) is 3. The second-order valence-electron chi connectivity index (χ2n) is 7.11. The molecule has 1 unspecified atom stereocenters. The third-order valence-electron chi connectivity index (χ3n) is 5.00. The number of pyridine rings is 1. The standard InChI is InChI=1S/C24H23N3O2S/c1-17-8-13-23(25-15-17)30-16-24(28)27-22(19-9-11-20(29-2)12-10-19)14-21(26-27)18-6-4-3-5-7-18/h3-13,15,22H,14,16H2,1-2H3. The number of hydrogen-bond acceptors (Lipinski definition) is 5. The Morgan fingerprint density at radius 3 is 2.53 bits per heavy atom. The molecule has 1 aliphatic heterocycles. The van der Waals surface area contributed by atoms with Gasteiger partial charge in [0.2, 0.25) is 0 Å². The van der Waals surface area contributed by atoms with Crippen molar-refractivity contribution in [3.05, 3.63) is 89.6 Å². The van der Waals surface area contributed by atoms with E-state index in [0.29, 0.717) is 6.42 Å².